The summed E-state index contributed by atoms with van der Waals surface area (Å²) in [7, 11) is 0. The molecule has 1 saturated heterocycles. The molecular weight excluding hydrogens is 276 g/mol. The van der Waals surface area contributed by atoms with Crippen LogP contribution < -0.4 is 0 Å². The molecule has 2 aliphatic rings. The van der Waals surface area contributed by atoms with Crippen LogP contribution in [0.4, 0.5) is 0 Å². The van der Waals surface area contributed by atoms with Gasteiger partial charge in [0.05, 0.1) is 18.8 Å². The molecule has 22 heavy (non-hydrogen) atoms. The molecule has 0 amide bonds. The third-order valence-corrected chi connectivity index (χ3v) is 5.87. The Morgan fingerprint density at radius 1 is 1.14 bits per heavy atom. The lowest BCUT2D eigenvalue weighted by Crippen LogP contribution is -2.52. The molecule has 0 spiro atoms. The fraction of sp³-hybridized carbons (Fsp3) is 0.895. The molecule has 1 aliphatic heterocycles. The second kappa shape index (κ2) is 6.26. The van der Waals surface area contributed by atoms with Crippen LogP contribution in [0.1, 0.15) is 66.7 Å². The van der Waals surface area contributed by atoms with Gasteiger partial charge in [-0.1, -0.05) is 47.6 Å². The van der Waals surface area contributed by atoms with Crippen molar-refractivity contribution in [3.8, 4) is 0 Å². The topological polar surface area (TPSA) is 38.7 Å². The third-order valence-electron chi connectivity index (χ3n) is 5.87. The molecule has 1 heterocycles. The lowest BCUT2D eigenvalue weighted by molar-refractivity contribution is -0.282. The highest BCUT2D eigenvalue weighted by atomic mass is 16.7. The molecule has 2 atom stereocenters. The van der Waals surface area contributed by atoms with Crippen molar-refractivity contribution in [2.45, 2.75) is 78.1 Å². The first kappa shape index (κ1) is 18.0. The van der Waals surface area contributed by atoms with Gasteiger partial charge in [0.15, 0.2) is 5.79 Å². The van der Waals surface area contributed by atoms with Crippen LogP contribution in [0.3, 0.4) is 0 Å². The summed E-state index contributed by atoms with van der Waals surface area (Å²) < 4.78 is 12.2. The van der Waals surface area contributed by atoms with E-state index in [4.69, 9.17) is 9.47 Å². The molecule has 3 heteroatoms. The van der Waals surface area contributed by atoms with Crippen LogP contribution >= 0.6 is 0 Å². The predicted molar refractivity (Wildman–Crippen MR) is 89.6 cm³/mol. The minimum Gasteiger partial charge on any atom is -0.389 e. The number of ether oxygens (including phenoxy) is 2. The summed E-state index contributed by atoms with van der Waals surface area (Å²) in [5.74, 6) is -0.133. The van der Waals surface area contributed by atoms with Gasteiger partial charge < -0.3 is 14.6 Å². The lowest BCUT2D eigenvalue weighted by atomic mass is 9.66. The van der Waals surface area contributed by atoms with Crippen LogP contribution in [-0.4, -0.2) is 29.7 Å². The number of hydrogen-bond acceptors (Lipinski definition) is 3. The minimum absolute atomic E-state index is 0.0429. The maximum absolute atomic E-state index is 11.3. The van der Waals surface area contributed by atoms with Crippen molar-refractivity contribution in [2.75, 3.05) is 13.2 Å². The first-order valence-corrected chi connectivity index (χ1v) is 8.84. The standard InChI is InChI=1S/C19H34O3/c1-7-19(21-12-17(5,6)13-22-19)16(4)11-18(20)14(2)9-8-10-15(18)3/h14-15,20H,4,7-13H2,1-3,5-6H3. The zero-order valence-corrected chi connectivity index (χ0v) is 15.1. The highest BCUT2D eigenvalue weighted by Gasteiger charge is 2.47. The molecule has 1 aliphatic carbocycles. The first-order chi connectivity index (χ1) is 10.2. The van der Waals surface area contributed by atoms with Crippen molar-refractivity contribution >= 4 is 0 Å². The van der Waals surface area contributed by atoms with Crippen LogP contribution in [0.15, 0.2) is 12.2 Å². The average molecular weight is 310 g/mol. The summed E-state index contributed by atoms with van der Waals surface area (Å²) in [4.78, 5) is 0. The van der Waals surface area contributed by atoms with Gasteiger partial charge in [0, 0.05) is 18.3 Å². The predicted octanol–water partition coefficient (Wildman–Crippen LogP) is 4.30. The van der Waals surface area contributed by atoms with E-state index >= 15 is 0 Å². The lowest BCUT2D eigenvalue weighted by Gasteiger charge is -2.48. The van der Waals surface area contributed by atoms with E-state index in [0.29, 0.717) is 31.5 Å². The molecule has 0 aromatic rings. The Bertz CT molecular complexity index is 393. The summed E-state index contributed by atoms with van der Waals surface area (Å²) in [6.07, 6.45) is 4.69. The van der Waals surface area contributed by atoms with Gasteiger partial charge >= 0.3 is 0 Å². The maximum atomic E-state index is 11.3. The number of rotatable bonds is 4. The molecule has 0 bridgehead atoms. The smallest absolute Gasteiger partial charge is 0.190 e. The number of aliphatic hydroxyl groups is 1. The van der Waals surface area contributed by atoms with Gasteiger partial charge in [0.2, 0.25) is 0 Å². The number of hydrogen-bond donors (Lipinski definition) is 1. The highest BCUT2D eigenvalue weighted by molar-refractivity contribution is 5.15. The minimum atomic E-state index is -0.720. The Hall–Kier alpha value is -0.380. The highest BCUT2D eigenvalue weighted by Crippen LogP contribution is 2.45. The third kappa shape index (κ3) is 3.27. The zero-order chi connectivity index (χ0) is 16.6. The van der Waals surface area contributed by atoms with Crippen LogP contribution in [0, 0.1) is 17.3 Å². The van der Waals surface area contributed by atoms with E-state index in [1.165, 1.54) is 6.42 Å². The van der Waals surface area contributed by atoms with Gasteiger partial charge in [-0.15, -0.1) is 0 Å². The van der Waals surface area contributed by atoms with Gasteiger partial charge in [-0.2, -0.15) is 0 Å². The molecule has 0 aromatic carbocycles. The van der Waals surface area contributed by atoms with Crippen molar-refractivity contribution in [2.24, 2.45) is 17.3 Å². The second-order valence-electron chi connectivity index (χ2n) is 8.35. The molecule has 2 rings (SSSR count). The molecule has 0 aromatic heterocycles. The first-order valence-electron chi connectivity index (χ1n) is 8.84. The monoisotopic (exact) mass is 310 g/mol. The second-order valence-corrected chi connectivity index (χ2v) is 8.35. The van der Waals surface area contributed by atoms with E-state index < -0.39 is 11.4 Å². The molecule has 1 saturated carbocycles. The van der Waals surface area contributed by atoms with E-state index in [-0.39, 0.29) is 5.41 Å². The Labute approximate surface area is 136 Å². The summed E-state index contributed by atoms with van der Waals surface area (Å²) >= 11 is 0. The summed E-state index contributed by atoms with van der Waals surface area (Å²) in [5, 5.41) is 11.3. The fourth-order valence-corrected chi connectivity index (χ4v) is 3.91. The van der Waals surface area contributed by atoms with Crippen LogP contribution in [-0.2, 0) is 9.47 Å². The Morgan fingerprint density at radius 3 is 2.09 bits per heavy atom. The fourth-order valence-electron chi connectivity index (χ4n) is 3.91. The van der Waals surface area contributed by atoms with Crippen molar-refractivity contribution in [1.82, 2.24) is 0 Å². The van der Waals surface area contributed by atoms with Gasteiger partial charge in [-0.25, -0.2) is 0 Å². The van der Waals surface area contributed by atoms with E-state index in [1.54, 1.807) is 0 Å². The quantitative estimate of drug-likeness (QED) is 0.787. The van der Waals surface area contributed by atoms with Crippen LogP contribution in [0.25, 0.3) is 0 Å². The van der Waals surface area contributed by atoms with Gasteiger partial charge in [-0.3, -0.25) is 0 Å². The van der Waals surface area contributed by atoms with E-state index in [2.05, 4.69) is 41.2 Å². The van der Waals surface area contributed by atoms with Gasteiger partial charge in [0.25, 0.3) is 0 Å². The molecule has 3 nitrogen and oxygen atoms in total. The average Bonchev–Trinajstić information content (AvgIpc) is 2.45. The largest absolute Gasteiger partial charge is 0.389 e. The molecule has 128 valence electrons. The van der Waals surface area contributed by atoms with Crippen molar-refractivity contribution in [1.29, 1.82) is 0 Å². The molecule has 1 N–H and O–H groups in total. The summed E-state index contributed by atoms with van der Waals surface area (Å²) in [6.45, 7) is 16.3. The molecule has 0 radical (unpaired) electrons. The normalized spacial score (nSPS) is 37.7. The Balaban J connectivity index is 2.12. The summed E-state index contributed by atoms with van der Waals surface area (Å²) in [6, 6.07) is 0. The SMILES string of the molecule is C=C(CC1(O)C(C)CCCC1C)C1(CC)OCC(C)(C)CO1. The maximum Gasteiger partial charge on any atom is 0.190 e. The zero-order valence-electron chi connectivity index (χ0n) is 15.1. The summed E-state index contributed by atoms with van der Waals surface area (Å²) in [5.41, 5.74) is 0.256. The van der Waals surface area contributed by atoms with Crippen molar-refractivity contribution < 1.29 is 14.6 Å². The van der Waals surface area contributed by atoms with E-state index in [0.717, 1.165) is 24.8 Å². The van der Waals surface area contributed by atoms with E-state index in [1.807, 2.05) is 0 Å². The molecule has 2 fully saturated rings. The molecule has 2 unspecified atom stereocenters. The van der Waals surface area contributed by atoms with Crippen molar-refractivity contribution in [3.05, 3.63) is 12.2 Å². The van der Waals surface area contributed by atoms with Crippen LogP contribution in [0.5, 0.6) is 0 Å². The molecular formula is C19H34O3. The van der Waals surface area contributed by atoms with Crippen LogP contribution in [0.2, 0.25) is 0 Å². The Morgan fingerprint density at radius 2 is 1.64 bits per heavy atom. The van der Waals surface area contributed by atoms with Gasteiger partial charge in [0.1, 0.15) is 0 Å². The van der Waals surface area contributed by atoms with E-state index in [9.17, 15) is 5.11 Å². The Kier molecular flexibility index (Phi) is 5.11. The van der Waals surface area contributed by atoms with Gasteiger partial charge in [-0.05, 0) is 30.3 Å². The van der Waals surface area contributed by atoms with Crippen molar-refractivity contribution in [3.63, 3.8) is 0 Å².